The summed E-state index contributed by atoms with van der Waals surface area (Å²) in [4.78, 5) is 7.53. The van der Waals surface area contributed by atoms with Gasteiger partial charge in [0.05, 0.1) is 11.8 Å². The Morgan fingerprint density at radius 2 is 1.72 bits per heavy atom. The first-order valence-corrected chi connectivity index (χ1v) is 8.68. The lowest BCUT2D eigenvalue weighted by Gasteiger charge is -2.37. The van der Waals surface area contributed by atoms with Crippen molar-refractivity contribution in [2.24, 2.45) is 0 Å². The Morgan fingerprint density at radius 1 is 1.00 bits per heavy atom. The van der Waals surface area contributed by atoms with Crippen LogP contribution in [0.2, 0.25) is 0 Å². The first-order valence-electron chi connectivity index (χ1n) is 8.68. The van der Waals surface area contributed by atoms with E-state index >= 15 is 0 Å². The van der Waals surface area contributed by atoms with E-state index in [2.05, 4.69) is 14.8 Å². The van der Waals surface area contributed by atoms with E-state index in [1.165, 1.54) is 6.07 Å². The molecule has 1 atom stereocenters. The monoisotopic (exact) mass is 339 g/mol. The number of fused-ring (bicyclic) bond motifs is 1. The van der Waals surface area contributed by atoms with Gasteiger partial charge in [-0.2, -0.15) is 0 Å². The molecule has 0 amide bonds. The maximum absolute atomic E-state index is 13.9. The van der Waals surface area contributed by atoms with E-state index < -0.39 is 6.10 Å². The van der Waals surface area contributed by atoms with Gasteiger partial charge in [-0.3, -0.25) is 4.90 Å². The Kier molecular flexibility index (Phi) is 4.42. The molecule has 5 heteroatoms. The van der Waals surface area contributed by atoms with Gasteiger partial charge in [-0.1, -0.05) is 30.3 Å². The van der Waals surface area contributed by atoms with E-state index in [-0.39, 0.29) is 5.82 Å². The number of anilines is 1. The fourth-order valence-corrected chi connectivity index (χ4v) is 3.59. The number of aliphatic hydroxyl groups excluding tert-OH is 1. The number of nitrogens with one attached hydrogen (secondary N) is 1. The number of piperazine rings is 1. The Morgan fingerprint density at radius 3 is 2.52 bits per heavy atom. The van der Waals surface area contributed by atoms with Crippen LogP contribution in [-0.4, -0.2) is 47.7 Å². The molecule has 0 spiro atoms. The van der Waals surface area contributed by atoms with Crippen LogP contribution < -0.4 is 4.90 Å². The third kappa shape index (κ3) is 3.25. The summed E-state index contributed by atoms with van der Waals surface area (Å²) in [7, 11) is 0. The summed E-state index contributed by atoms with van der Waals surface area (Å²) in [6, 6.07) is 14.9. The fraction of sp³-hybridized carbons (Fsp3) is 0.300. The zero-order valence-electron chi connectivity index (χ0n) is 14.0. The average molecular weight is 339 g/mol. The highest BCUT2D eigenvalue weighted by Crippen LogP contribution is 2.25. The standard InChI is InChI=1S/C20H22FN3O/c21-17-6-2-4-8-19(17)24-11-9-23(10-12-24)14-20(25)16-13-22-18-7-3-1-5-15(16)18/h1-8,13,20,22,25H,9-12,14H2/t20-/m0/s1. The normalized spacial score (nSPS) is 17.1. The molecule has 0 bridgehead atoms. The Bertz CT molecular complexity index is 855. The third-order valence-electron chi connectivity index (χ3n) is 4.98. The van der Waals surface area contributed by atoms with Crippen LogP contribution in [-0.2, 0) is 0 Å². The van der Waals surface area contributed by atoms with E-state index in [1.807, 2.05) is 42.6 Å². The summed E-state index contributed by atoms with van der Waals surface area (Å²) >= 11 is 0. The number of halogens is 1. The van der Waals surface area contributed by atoms with E-state index in [0.717, 1.165) is 42.6 Å². The molecule has 4 nitrogen and oxygen atoms in total. The molecule has 2 heterocycles. The Balaban J connectivity index is 1.39. The molecule has 3 aromatic rings. The number of benzene rings is 2. The molecule has 1 aliphatic heterocycles. The van der Waals surface area contributed by atoms with Crippen LogP contribution in [0.1, 0.15) is 11.7 Å². The number of para-hydroxylation sites is 2. The molecule has 4 rings (SSSR count). The highest BCUT2D eigenvalue weighted by atomic mass is 19.1. The quantitative estimate of drug-likeness (QED) is 0.767. The number of hydrogen-bond acceptors (Lipinski definition) is 3. The van der Waals surface area contributed by atoms with E-state index in [4.69, 9.17) is 0 Å². The van der Waals surface area contributed by atoms with Crippen LogP contribution in [0.4, 0.5) is 10.1 Å². The lowest BCUT2D eigenvalue weighted by molar-refractivity contribution is 0.110. The van der Waals surface area contributed by atoms with Crippen LogP contribution in [0.25, 0.3) is 10.9 Å². The molecule has 25 heavy (non-hydrogen) atoms. The van der Waals surface area contributed by atoms with Crippen molar-refractivity contribution in [2.75, 3.05) is 37.6 Å². The molecular formula is C20H22FN3O. The molecule has 130 valence electrons. The zero-order valence-corrected chi connectivity index (χ0v) is 14.0. The number of β-amino-alcohol motifs (C(OH)–C–C–N with tert-alkyl or cyclic N) is 1. The van der Waals surface area contributed by atoms with Crippen molar-refractivity contribution < 1.29 is 9.50 Å². The predicted molar refractivity (Wildman–Crippen MR) is 98.3 cm³/mol. The maximum atomic E-state index is 13.9. The summed E-state index contributed by atoms with van der Waals surface area (Å²) in [5, 5.41) is 11.7. The van der Waals surface area contributed by atoms with Crippen LogP contribution in [0.5, 0.6) is 0 Å². The molecule has 0 saturated carbocycles. The molecule has 0 radical (unpaired) electrons. The predicted octanol–water partition coefficient (Wildman–Crippen LogP) is 3.16. The molecular weight excluding hydrogens is 317 g/mol. The largest absolute Gasteiger partial charge is 0.387 e. The Labute approximate surface area is 146 Å². The molecule has 1 aliphatic rings. The second kappa shape index (κ2) is 6.86. The second-order valence-electron chi connectivity index (χ2n) is 6.54. The summed E-state index contributed by atoms with van der Waals surface area (Å²) < 4.78 is 13.9. The maximum Gasteiger partial charge on any atom is 0.146 e. The van der Waals surface area contributed by atoms with Crippen LogP contribution >= 0.6 is 0 Å². The molecule has 0 unspecified atom stereocenters. The van der Waals surface area contributed by atoms with E-state index in [9.17, 15) is 9.50 Å². The van der Waals surface area contributed by atoms with E-state index in [1.54, 1.807) is 6.07 Å². The molecule has 1 saturated heterocycles. The van der Waals surface area contributed by atoms with Gasteiger partial charge in [0, 0.05) is 55.4 Å². The lowest BCUT2D eigenvalue weighted by atomic mass is 10.1. The van der Waals surface area contributed by atoms with Gasteiger partial charge in [0.25, 0.3) is 0 Å². The van der Waals surface area contributed by atoms with Crippen molar-refractivity contribution >= 4 is 16.6 Å². The first-order chi connectivity index (χ1) is 12.2. The highest BCUT2D eigenvalue weighted by molar-refractivity contribution is 5.83. The number of rotatable bonds is 4. The fourth-order valence-electron chi connectivity index (χ4n) is 3.59. The van der Waals surface area contributed by atoms with Crippen molar-refractivity contribution in [3.05, 3.63) is 66.1 Å². The summed E-state index contributed by atoms with van der Waals surface area (Å²) in [5.41, 5.74) is 2.65. The van der Waals surface area contributed by atoms with Gasteiger partial charge < -0.3 is 15.0 Å². The number of aromatic amines is 1. The van der Waals surface area contributed by atoms with Crippen molar-refractivity contribution in [2.45, 2.75) is 6.10 Å². The van der Waals surface area contributed by atoms with Gasteiger partial charge in [-0.15, -0.1) is 0 Å². The number of aromatic nitrogens is 1. The smallest absolute Gasteiger partial charge is 0.146 e. The molecule has 1 fully saturated rings. The van der Waals surface area contributed by atoms with Gasteiger partial charge in [-0.05, 0) is 18.2 Å². The average Bonchev–Trinajstić information content (AvgIpc) is 3.07. The van der Waals surface area contributed by atoms with Crippen LogP contribution in [0.3, 0.4) is 0 Å². The molecule has 2 aromatic carbocycles. The van der Waals surface area contributed by atoms with Gasteiger partial charge in [0.1, 0.15) is 5.82 Å². The molecule has 2 N–H and O–H groups in total. The minimum Gasteiger partial charge on any atom is -0.387 e. The first kappa shape index (κ1) is 16.1. The van der Waals surface area contributed by atoms with Crippen molar-refractivity contribution in [3.63, 3.8) is 0 Å². The minimum atomic E-state index is -0.531. The topological polar surface area (TPSA) is 42.5 Å². The SMILES string of the molecule is O[C@@H](CN1CCN(c2ccccc2F)CC1)c1c[nH]c2ccccc12. The lowest BCUT2D eigenvalue weighted by Crippen LogP contribution is -2.47. The minimum absolute atomic E-state index is 0.172. The summed E-state index contributed by atoms with van der Waals surface area (Å²) in [5.74, 6) is -0.172. The van der Waals surface area contributed by atoms with Gasteiger partial charge in [-0.25, -0.2) is 4.39 Å². The van der Waals surface area contributed by atoms with Crippen molar-refractivity contribution in [3.8, 4) is 0 Å². The van der Waals surface area contributed by atoms with Crippen molar-refractivity contribution in [1.29, 1.82) is 0 Å². The van der Waals surface area contributed by atoms with E-state index in [0.29, 0.717) is 12.2 Å². The van der Waals surface area contributed by atoms with Gasteiger partial charge >= 0.3 is 0 Å². The van der Waals surface area contributed by atoms with Gasteiger partial charge in [0.2, 0.25) is 0 Å². The summed E-state index contributed by atoms with van der Waals surface area (Å²) in [6.07, 6.45) is 1.36. The molecule has 0 aliphatic carbocycles. The van der Waals surface area contributed by atoms with Gasteiger partial charge in [0.15, 0.2) is 0 Å². The number of nitrogens with zero attached hydrogens (tertiary/aromatic N) is 2. The molecule has 1 aromatic heterocycles. The number of hydrogen-bond donors (Lipinski definition) is 2. The highest BCUT2D eigenvalue weighted by Gasteiger charge is 2.22. The van der Waals surface area contributed by atoms with Crippen LogP contribution in [0.15, 0.2) is 54.7 Å². The second-order valence-corrected chi connectivity index (χ2v) is 6.54. The third-order valence-corrected chi connectivity index (χ3v) is 4.98. The summed E-state index contributed by atoms with van der Waals surface area (Å²) in [6.45, 7) is 3.75. The number of H-pyrrole nitrogens is 1. The van der Waals surface area contributed by atoms with Crippen molar-refractivity contribution in [1.82, 2.24) is 9.88 Å². The number of aliphatic hydroxyl groups is 1. The zero-order chi connectivity index (χ0) is 17.2. The Hall–Kier alpha value is -2.37. The van der Waals surface area contributed by atoms with Crippen LogP contribution in [0, 0.1) is 5.82 Å².